The first-order valence-electron chi connectivity index (χ1n) is 9.36. The molecular formula is C20H23BN2O3. The molecule has 26 heavy (non-hydrogen) atoms. The van der Waals surface area contributed by atoms with Gasteiger partial charge >= 0.3 is 7.12 Å². The molecule has 1 aromatic heterocycles. The van der Waals surface area contributed by atoms with Crippen LogP contribution in [-0.2, 0) is 10.2 Å². The molecule has 0 radical (unpaired) electrons. The van der Waals surface area contributed by atoms with E-state index in [0.29, 0.717) is 5.46 Å². The fourth-order valence-electron chi connectivity index (χ4n) is 4.72. The SMILES string of the molecule is O=C1Nc2ccncc2[C@]1(c1ccc(B(O)O)cc1)C1CCCCCC1. The van der Waals surface area contributed by atoms with Gasteiger partial charge in [-0.25, -0.2) is 0 Å². The Balaban J connectivity index is 1.89. The molecule has 6 heteroatoms. The van der Waals surface area contributed by atoms with Crippen LogP contribution in [-0.4, -0.2) is 28.1 Å². The third-order valence-corrected chi connectivity index (χ3v) is 5.98. The van der Waals surface area contributed by atoms with Crippen molar-refractivity contribution in [3.8, 4) is 0 Å². The van der Waals surface area contributed by atoms with E-state index in [1.165, 1.54) is 12.8 Å². The van der Waals surface area contributed by atoms with Crippen molar-refractivity contribution in [3.05, 3.63) is 53.9 Å². The second kappa shape index (κ2) is 6.85. The Morgan fingerprint density at radius 3 is 2.38 bits per heavy atom. The number of rotatable bonds is 3. The summed E-state index contributed by atoms with van der Waals surface area (Å²) >= 11 is 0. The van der Waals surface area contributed by atoms with Crippen molar-refractivity contribution in [1.82, 2.24) is 4.98 Å². The van der Waals surface area contributed by atoms with Gasteiger partial charge in [0.1, 0.15) is 5.41 Å². The highest BCUT2D eigenvalue weighted by Crippen LogP contribution is 2.51. The second-order valence-corrected chi connectivity index (χ2v) is 7.37. The van der Waals surface area contributed by atoms with Gasteiger partial charge in [-0.05, 0) is 35.9 Å². The van der Waals surface area contributed by atoms with E-state index in [4.69, 9.17) is 0 Å². The van der Waals surface area contributed by atoms with Crippen LogP contribution < -0.4 is 10.8 Å². The molecule has 1 atom stereocenters. The first-order valence-corrected chi connectivity index (χ1v) is 9.36. The third kappa shape index (κ3) is 2.64. The molecule has 1 saturated carbocycles. The van der Waals surface area contributed by atoms with E-state index in [9.17, 15) is 14.8 Å². The lowest BCUT2D eigenvalue weighted by atomic mass is 9.63. The maximum Gasteiger partial charge on any atom is 0.488 e. The molecule has 3 N–H and O–H groups in total. The number of carbonyl (C=O) groups excluding carboxylic acids is 1. The van der Waals surface area contributed by atoms with Crippen molar-refractivity contribution < 1.29 is 14.8 Å². The quantitative estimate of drug-likeness (QED) is 0.584. The number of fused-ring (bicyclic) bond motifs is 1. The topological polar surface area (TPSA) is 82.5 Å². The summed E-state index contributed by atoms with van der Waals surface area (Å²) in [5.41, 5.74) is 2.34. The molecule has 1 aromatic carbocycles. The lowest BCUT2D eigenvalue weighted by Gasteiger charge is -2.36. The van der Waals surface area contributed by atoms with Crippen molar-refractivity contribution in [2.45, 2.75) is 43.9 Å². The number of carbonyl (C=O) groups is 1. The minimum atomic E-state index is -1.51. The normalized spacial score (nSPS) is 23.2. The zero-order valence-corrected chi connectivity index (χ0v) is 14.7. The predicted octanol–water partition coefficient (Wildman–Crippen LogP) is 1.97. The standard InChI is InChI=1S/C20H23BN2O3/c24-19-20(14-5-3-1-2-4-6-14,17-13-22-12-11-18(17)23-19)15-7-9-16(10-8-15)21(25)26/h7-14,25-26H,1-6H2,(H,23,24)/t20-/m1/s1. The Labute approximate surface area is 153 Å². The molecule has 1 fully saturated rings. The Hall–Kier alpha value is -2.18. The Kier molecular flexibility index (Phi) is 4.55. The van der Waals surface area contributed by atoms with Crippen LogP contribution >= 0.6 is 0 Å². The number of nitrogens with zero attached hydrogens (tertiary/aromatic N) is 1. The first-order chi connectivity index (χ1) is 12.6. The minimum Gasteiger partial charge on any atom is -0.423 e. The molecule has 0 bridgehead atoms. The van der Waals surface area contributed by atoms with Crippen LogP contribution in [0, 0.1) is 5.92 Å². The van der Waals surface area contributed by atoms with Crippen LogP contribution in [0.3, 0.4) is 0 Å². The Morgan fingerprint density at radius 2 is 1.73 bits per heavy atom. The summed E-state index contributed by atoms with van der Waals surface area (Å²) in [6, 6.07) is 8.97. The van der Waals surface area contributed by atoms with E-state index >= 15 is 0 Å². The summed E-state index contributed by atoms with van der Waals surface area (Å²) in [5.74, 6) is 0.213. The molecule has 0 spiro atoms. The Morgan fingerprint density at radius 1 is 1.04 bits per heavy atom. The minimum absolute atomic E-state index is 0.00435. The summed E-state index contributed by atoms with van der Waals surface area (Å²) in [4.78, 5) is 17.6. The summed E-state index contributed by atoms with van der Waals surface area (Å²) < 4.78 is 0. The van der Waals surface area contributed by atoms with E-state index in [1.807, 2.05) is 24.4 Å². The molecule has 5 nitrogen and oxygen atoms in total. The highest BCUT2D eigenvalue weighted by atomic mass is 16.4. The van der Waals surface area contributed by atoms with Crippen LogP contribution in [0.5, 0.6) is 0 Å². The maximum atomic E-state index is 13.3. The Bertz CT molecular complexity index is 801. The maximum absolute atomic E-state index is 13.3. The molecule has 1 aliphatic heterocycles. The van der Waals surface area contributed by atoms with Gasteiger partial charge in [0.25, 0.3) is 0 Å². The average Bonchev–Trinajstić information content (AvgIpc) is 2.80. The van der Waals surface area contributed by atoms with Gasteiger partial charge in [0.2, 0.25) is 5.91 Å². The number of pyridine rings is 1. The van der Waals surface area contributed by atoms with Crippen LogP contribution in [0.15, 0.2) is 42.7 Å². The van der Waals surface area contributed by atoms with Crippen LogP contribution in [0.1, 0.15) is 49.7 Å². The highest BCUT2D eigenvalue weighted by molar-refractivity contribution is 6.58. The van der Waals surface area contributed by atoms with Gasteiger partial charge in [0, 0.05) is 23.6 Å². The number of aromatic nitrogens is 1. The lowest BCUT2D eigenvalue weighted by molar-refractivity contribution is -0.121. The number of nitrogens with one attached hydrogen (secondary N) is 1. The van der Waals surface area contributed by atoms with Gasteiger partial charge in [0.05, 0.1) is 0 Å². The van der Waals surface area contributed by atoms with Gasteiger partial charge in [0.15, 0.2) is 0 Å². The van der Waals surface area contributed by atoms with Crippen molar-refractivity contribution >= 4 is 24.2 Å². The number of hydrogen-bond acceptors (Lipinski definition) is 4. The molecule has 134 valence electrons. The highest BCUT2D eigenvalue weighted by Gasteiger charge is 2.53. The fraction of sp³-hybridized carbons (Fsp3) is 0.400. The number of amides is 1. The first kappa shape index (κ1) is 17.2. The van der Waals surface area contributed by atoms with Crippen LogP contribution in [0.25, 0.3) is 0 Å². The zero-order valence-electron chi connectivity index (χ0n) is 14.7. The van der Waals surface area contributed by atoms with E-state index in [-0.39, 0.29) is 11.8 Å². The molecular weight excluding hydrogens is 327 g/mol. The van der Waals surface area contributed by atoms with E-state index in [1.54, 1.807) is 18.3 Å². The van der Waals surface area contributed by atoms with Gasteiger partial charge in [-0.1, -0.05) is 49.9 Å². The van der Waals surface area contributed by atoms with Crippen molar-refractivity contribution in [1.29, 1.82) is 0 Å². The van der Waals surface area contributed by atoms with Gasteiger partial charge in [-0.3, -0.25) is 9.78 Å². The monoisotopic (exact) mass is 350 g/mol. The smallest absolute Gasteiger partial charge is 0.423 e. The van der Waals surface area contributed by atoms with E-state index < -0.39 is 12.5 Å². The largest absolute Gasteiger partial charge is 0.488 e. The van der Waals surface area contributed by atoms with Crippen molar-refractivity contribution in [2.75, 3.05) is 5.32 Å². The molecule has 0 saturated heterocycles. The summed E-state index contributed by atoms with van der Waals surface area (Å²) in [7, 11) is -1.51. The molecule has 2 aliphatic rings. The van der Waals surface area contributed by atoms with Crippen molar-refractivity contribution in [3.63, 3.8) is 0 Å². The second-order valence-electron chi connectivity index (χ2n) is 7.37. The zero-order chi connectivity index (χ0) is 18.1. The van der Waals surface area contributed by atoms with Crippen molar-refractivity contribution in [2.24, 2.45) is 5.92 Å². The molecule has 0 unspecified atom stereocenters. The number of anilines is 1. The van der Waals surface area contributed by atoms with Gasteiger partial charge in [-0.15, -0.1) is 0 Å². The van der Waals surface area contributed by atoms with Crippen LogP contribution in [0.4, 0.5) is 5.69 Å². The fourth-order valence-corrected chi connectivity index (χ4v) is 4.72. The van der Waals surface area contributed by atoms with Gasteiger partial charge in [-0.2, -0.15) is 0 Å². The third-order valence-electron chi connectivity index (χ3n) is 5.98. The average molecular weight is 350 g/mol. The number of benzene rings is 1. The molecule has 1 aliphatic carbocycles. The van der Waals surface area contributed by atoms with E-state index in [0.717, 1.165) is 42.5 Å². The molecule has 2 heterocycles. The van der Waals surface area contributed by atoms with Crippen LogP contribution in [0.2, 0.25) is 0 Å². The summed E-state index contributed by atoms with van der Waals surface area (Å²) in [5, 5.41) is 21.9. The summed E-state index contributed by atoms with van der Waals surface area (Å²) in [6.07, 6.45) is 10.2. The summed E-state index contributed by atoms with van der Waals surface area (Å²) in [6.45, 7) is 0. The molecule has 4 rings (SSSR count). The molecule has 2 aromatic rings. The van der Waals surface area contributed by atoms with Gasteiger partial charge < -0.3 is 15.4 Å². The number of hydrogen-bond donors (Lipinski definition) is 3. The molecule has 1 amide bonds. The predicted molar refractivity (Wildman–Crippen MR) is 101 cm³/mol. The lowest BCUT2D eigenvalue weighted by Crippen LogP contribution is -2.43. The van der Waals surface area contributed by atoms with E-state index in [2.05, 4.69) is 10.3 Å².